The molecule has 1 amide bonds. The van der Waals surface area contributed by atoms with Crippen LogP contribution >= 0.6 is 35.0 Å². The van der Waals surface area contributed by atoms with Crippen molar-refractivity contribution in [1.29, 1.82) is 0 Å². The quantitative estimate of drug-likeness (QED) is 0.477. The van der Waals surface area contributed by atoms with Crippen LogP contribution in [0, 0.1) is 0 Å². The van der Waals surface area contributed by atoms with Crippen LogP contribution in [-0.2, 0) is 4.79 Å². The molecule has 140 valence electrons. The molecule has 0 atom stereocenters. The van der Waals surface area contributed by atoms with Gasteiger partial charge in [-0.1, -0.05) is 41.0 Å². The van der Waals surface area contributed by atoms with Gasteiger partial charge in [-0.3, -0.25) is 9.78 Å². The molecule has 3 aromatic heterocycles. The molecule has 7 nitrogen and oxygen atoms in total. The van der Waals surface area contributed by atoms with Crippen LogP contribution in [0.15, 0.2) is 59.9 Å². The lowest BCUT2D eigenvalue weighted by atomic mass is 10.2. The summed E-state index contributed by atoms with van der Waals surface area (Å²) in [6.45, 7) is 0. The van der Waals surface area contributed by atoms with Gasteiger partial charge in [0.1, 0.15) is 5.69 Å². The lowest BCUT2D eigenvalue weighted by Crippen LogP contribution is -2.14. The number of aromatic nitrogens is 5. The molecule has 0 fully saturated rings. The molecule has 0 saturated carbocycles. The van der Waals surface area contributed by atoms with E-state index in [0.29, 0.717) is 32.2 Å². The van der Waals surface area contributed by atoms with E-state index >= 15 is 0 Å². The molecule has 3 heterocycles. The van der Waals surface area contributed by atoms with Crippen LogP contribution in [-0.4, -0.2) is 36.5 Å². The molecule has 28 heavy (non-hydrogen) atoms. The smallest absolute Gasteiger partial charge is 0.234 e. The normalized spacial score (nSPS) is 10.9. The molecule has 4 rings (SSSR count). The Kier molecular flexibility index (Phi) is 5.43. The molecule has 0 aliphatic rings. The number of amides is 1. The van der Waals surface area contributed by atoms with E-state index in [1.807, 2.05) is 30.3 Å². The topological polar surface area (TPSA) is 85.1 Å². The van der Waals surface area contributed by atoms with Crippen LogP contribution in [0.3, 0.4) is 0 Å². The van der Waals surface area contributed by atoms with E-state index in [4.69, 9.17) is 23.2 Å². The van der Waals surface area contributed by atoms with Gasteiger partial charge >= 0.3 is 0 Å². The Morgan fingerprint density at radius 2 is 1.86 bits per heavy atom. The molecule has 4 aromatic rings. The summed E-state index contributed by atoms with van der Waals surface area (Å²) in [5.74, 6) is -0.0959. The van der Waals surface area contributed by atoms with Crippen molar-refractivity contribution >= 4 is 52.2 Å². The highest BCUT2D eigenvalue weighted by Crippen LogP contribution is 2.23. The lowest BCUT2D eigenvalue weighted by Gasteiger charge is -2.06. The molecule has 0 unspecified atom stereocenters. The third-order valence-electron chi connectivity index (χ3n) is 3.64. The van der Waals surface area contributed by atoms with Crippen molar-refractivity contribution in [3.8, 4) is 11.4 Å². The number of fused-ring (bicyclic) bond motifs is 1. The zero-order valence-electron chi connectivity index (χ0n) is 14.2. The Morgan fingerprint density at radius 1 is 1.04 bits per heavy atom. The standard InChI is InChI=1S/C18H12Cl2N6OS/c19-11-7-12(20)9-13(8-11)22-17(27)10-28-18-24-23-16-5-4-15(25-26(16)18)14-3-1-2-6-21-14/h1-9H,10H2,(H,22,27). The van der Waals surface area contributed by atoms with E-state index in [-0.39, 0.29) is 11.7 Å². The molecule has 0 radical (unpaired) electrons. The number of nitrogens with zero attached hydrogens (tertiary/aromatic N) is 5. The van der Waals surface area contributed by atoms with Crippen LogP contribution in [0.5, 0.6) is 0 Å². The average molecular weight is 431 g/mol. The highest BCUT2D eigenvalue weighted by atomic mass is 35.5. The van der Waals surface area contributed by atoms with Gasteiger partial charge in [0.05, 0.1) is 11.4 Å². The summed E-state index contributed by atoms with van der Waals surface area (Å²) < 4.78 is 1.60. The van der Waals surface area contributed by atoms with Crippen LogP contribution in [0.25, 0.3) is 17.0 Å². The zero-order chi connectivity index (χ0) is 19.5. The molecule has 1 aromatic carbocycles. The Labute approximate surface area is 174 Å². The summed E-state index contributed by atoms with van der Waals surface area (Å²) in [4.78, 5) is 16.5. The summed E-state index contributed by atoms with van der Waals surface area (Å²) in [5.41, 5.74) is 2.55. The first-order valence-electron chi connectivity index (χ1n) is 8.11. The van der Waals surface area contributed by atoms with Gasteiger partial charge in [0.15, 0.2) is 5.65 Å². The molecule has 0 aliphatic heterocycles. The van der Waals surface area contributed by atoms with Crippen molar-refractivity contribution in [1.82, 2.24) is 24.8 Å². The minimum atomic E-state index is -0.221. The second kappa shape index (κ2) is 8.14. The maximum atomic E-state index is 12.2. The molecule has 0 saturated heterocycles. The number of hydrogen-bond donors (Lipinski definition) is 1. The third kappa shape index (κ3) is 4.24. The number of carbonyl (C=O) groups is 1. The van der Waals surface area contributed by atoms with Gasteiger partial charge in [-0.15, -0.1) is 10.2 Å². The first-order chi connectivity index (χ1) is 13.6. The fraction of sp³-hybridized carbons (Fsp3) is 0.0556. The van der Waals surface area contributed by atoms with E-state index in [9.17, 15) is 4.79 Å². The largest absolute Gasteiger partial charge is 0.325 e. The predicted octanol–water partition coefficient (Wildman–Crippen LogP) is 4.22. The Morgan fingerprint density at radius 3 is 2.61 bits per heavy atom. The van der Waals surface area contributed by atoms with Crippen LogP contribution in [0.1, 0.15) is 0 Å². The Hall–Kier alpha value is -2.68. The Bertz CT molecular complexity index is 1130. The van der Waals surface area contributed by atoms with Crippen LogP contribution < -0.4 is 5.32 Å². The highest BCUT2D eigenvalue weighted by molar-refractivity contribution is 7.99. The molecule has 1 N–H and O–H groups in total. The van der Waals surface area contributed by atoms with Crippen molar-refractivity contribution in [3.05, 3.63) is 64.8 Å². The summed E-state index contributed by atoms with van der Waals surface area (Å²) in [6, 6.07) is 14.1. The van der Waals surface area contributed by atoms with Gasteiger partial charge < -0.3 is 5.32 Å². The second-order valence-corrected chi connectivity index (χ2v) is 7.50. The fourth-order valence-corrected chi connectivity index (χ4v) is 3.68. The number of anilines is 1. The second-order valence-electron chi connectivity index (χ2n) is 5.68. The van der Waals surface area contributed by atoms with E-state index in [1.165, 1.54) is 11.8 Å². The number of nitrogens with one attached hydrogen (secondary N) is 1. The number of halogens is 2. The maximum Gasteiger partial charge on any atom is 0.234 e. The minimum absolute atomic E-state index is 0.125. The summed E-state index contributed by atoms with van der Waals surface area (Å²) in [7, 11) is 0. The van der Waals surface area contributed by atoms with Gasteiger partial charge in [-0.25, -0.2) is 0 Å². The van der Waals surface area contributed by atoms with E-state index in [0.717, 1.165) is 5.69 Å². The monoisotopic (exact) mass is 430 g/mol. The van der Waals surface area contributed by atoms with Crippen LogP contribution in [0.4, 0.5) is 5.69 Å². The van der Waals surface area contributed by atoms with E-state index in [2.05, 4.69) is 25.6 Å². The Balaban J connectivity index is 1.49. The van der Waals surface area contributed by atoms with Crippen molar-refractivity contribution < 1.29 is 4.79 Å². The van der Waals surface area contributed by atoms with Gasteiger partial charge in [0.25, 0.3) is 0 Å². The van der Waals surface area contributed by atoms with E-state index in [1.54, 1.807) is 28.9 Å². The molecular weight excluding hydrogens is 419 g/mol. The predicted molar refractivity (Wildman–Crippen MR) is 110 cm³/mol. The molecule has 0 bridgehead atoms. The van der Waals surface area contributed by atoms with Gasteiger partial charge in [-0.05, 0) is 42.5 Å². The van der Waals surface area contributed by atoms with Crippen molar-refractivity contribution in [2.24, 2.45) is 0 Å². The number of rotatable bonds is 5. The zero-order valence-corrected chi connectivity index (χ0v) is 16.5. The number of thioether (sulfide) groups is 1. The number of hydrogen-bond acceptors (Lipinski definition) is 6. The molecular formula is C18H12Cl2N6OS. The third-order valence-corrected chi connectivity index (χ3v) is 5.00. The molecule has 10 heteroatoms. The summed E-state index contributed by atoms with van der Waals surface area (Å²) >= 11 is 13.1. The minimum Gasteiger partial charge on any atom is -0.325 e. The number of carbonyl (C=O) groups excluding carboxylic acids is 1. The van der Waals surface area contributed by atoms with Gasteiger partial charge in [0, 0.05) is 21.9 Å². The number of pyridine rings is 1. The average Bonchev–Trinajstić information content (AvgIpc) is 3.08. The SMILES string of the molecule is O=C(CSc1nnc2ccc(-c3ccccn3)nn12)Nc1cc(Cl)cc(Cl)c1. The van der Waals surface area contributed by atoms with Crippen molar-refractivity contribution in [2.75, 3.05) is 11.1 Å². The van der Waals surface area contributed by atoms with Crippen LogP contribution in [0.2, 0.25) is 10.0 Å². The number of benzene rings is 1. The van der Waals surface area contributed by atoms with E-state index < -0.39 is 0 Å². The van der Waals surface area contributed by atoms with Crippen molar-refractivity contribution in [3.63, 3.8) is 0 Å². The maximum absolute atomic E-state index is 12.2. The lowest BCUT2D eigenvalue weighted by molar-refractivity contribution is -0.113. The van der Waals surface area contributed by atoms with Gasteiger partial charge in [0.2, 0.25) is 11.1 Å². The summed E-state index contributed by atoms with van der Waals surface area (Å²) in [5, 5.41) is 16.9. The fourth-order valence-electron chi connectivity index (χ4n) is 2.46. The summed E-state index contributed by atoms with van der Waals surface area (Å²) in [6.07, 6.45) is 1.70. The molecule has 0 spiro atoms. The molecule has 0 aliphatic carbocycles. The first-order valence-corrected chi connectivity index (χ1v) is 9.85. The first kappa shape index (κ1) is 18.7. The highest BCUT2D eigenvalue weighted by Gasteiger charge is 2.12. The van der Waals surface area contributed by atoms with Gasteiger partial charge in [-0.2, -0.15) is 9.61 Å². The van der Waals surface area contributed by atoms with Crippen molar-refractivity contribution in [2.45, 2.75) is 5.16 Å².